The predicted octanol–water partition coefficient (Wildman–Crippen LogP) is 4.90. The lowest BCUT2D eigenvalue weighted by Gasteiger charge is -2.37. The van der Waals surface area contributed by atoms with E-state index in [1.807, 2.05) is 22.7 Å². The Morgan fingerprint density at radius 1 is 0.930 bits per heavy atom. The molecule has 0 saturated carbocycles. The molecule has 15 nitrogen and oxygen atoms in total. The number of likely N-dealkylation sites (tertiary alicyclic amines) is 1. The third-order valence-corrected chi connectivity index (χ3v) is 10.3. The SMILES string of the molecule is CCCN(C(=O)NC=O)c1cc(C(=O)N2CCN(CCN3CCC(n4cc5cc(NC(=O)c6cccc(C(F)(F)F)n6)c(OC)cc5n4)CC3)CC2)ccc1OC. The number of ether oxygens (including phenoxy) is 2. The maximum atomic E-state index is 13.5. The van der Waals surface area contributed by atoms with Gasteiger partial charge in [0.05, 0.1) is 37.2 Å². The van der Waals surface area contributed by atoms with Crippen LogP contribution in [0.2, 0.25) is 0 Å². The number of hydrogen-bond donors (Lipinski definition) is 2. The van der Waals surface area contributed by atoms with E-state index in [1.54, 1.807) is 30.3 Å². The van der Waals surface area contributed by atoms with Gasteiger partial charge in [-0.3, -0.25) is 34.2 Å². The van der Waals surface area contributed by atoms with Gasteiger partial charge in [-0.15, -0.1) is 0 Å². The molecular formula is C39H46F3N9O6. The summed E-state index contributed by atoms with van der Waals surface area (Å²) < 4.78 is 52.3. The molecule has 2 aliphatic heterocycles. The van der Waals surface area contributed by atoms with Crippen LogP contribution < -0.4 is 25.0 Å². The van der Waals surface area contributed by atoms with Crippen LogP contribution in [0.4, 0.5) is 29.3 Å². The number of rotatable bonds is 13. The van der Waals surface area contributed by atoms with E-state index in [4.69, 9.17) is 14.6 Å². The molecule has 2 aromatic heterocycles. The molecule has 0 aliphatic carbocycles. The van der Waals surface area contributed by atoms with Crippen LogP contribution in [0, 0.1) is 0 Å². The number of urea groups is 1. The van der Waals surface area contributed by atoms with E-state index in [0.29, 0.717) is 66.4 Å². The van der Waals surface area contributed by atoms with Crippen LogP contribution >= 0.6 is 0 Å². The van der Waals surface area contributed by atoms with E-state index in [0.717, 1.165) is 69.6 Å². The molecular weight excluding hydrogens is 747 g/mol. The largest absolute Gasteiger partial charge is 0.495 e. The number of pyridine rings is 1. The lowest BCUT2D eigenvalue weighted by atomic mass is 10.1. The number of anilines is 2. The number of imide groups is 1. The number of carbonyl (C=O) groups is 4. The number of hydrogen-bond acceptors (Lipinski definition) is 10. The third-order valence-electron chi connectivity index (χ3n) is 10.3. The standard InChI is InChI=1S/C39H46F3N9O6/c1-4-12-50(38(55)43-25-52)32-22-26(8-9-33(32)56-2)37(54)49-19-17-48(18-20-49)16-15-47-13-10-28(11-14-47)51-24-27-21-31(34(57-3)23-30(27)46-51)45-36(53)29-6-5-7-35(44-29)39(40,41)42/h5-9,21-25,28H,4,10-20H2,1-3H3,(H,45,53)(H,43,52,55). The zero-order valence-corrected chi connectivity index (χ0v) is 32.1. The second-order valence-corrected chi connectivity index (χ2v) is 13.9. The summed E-state index contributed by atoms with van der Waals surface area (Å²) in [6.07, 6.45) is -0.0368. The van der Waals surface area contributed by atoms with Gasteiger partial charge in [-0.2, -0.15) is 18.3 Å². The first kappa shape index (κ1) is 40.9. The fraction of sp³-hybridized carbons (Fsp3) is 0.436. The summed E-state index contributed by atoms with van der Waals surface area (Å²) in [5, 5.41) is 10.3. The van der Waals surface area contributed by atoms with Gasteiger partial charge in [0.15, 0.2) is 0 Å². The van der Waals surface area contributed by atoms with Gasteiger partial charge in [0.1, 0.15) is 22.9 Å². The number of benzene rings is 2. The van der Waals surface area contributed by atoms with Crippen molar-refractivity contribution in [1.29, 1.82) is 0 Å². The van der Waals surface area contributed by atoms with Crippen molar-refractivity contribution in [3.8, 4) is 11.5 Å². The molecule has 6 rings (SSSR count). The summed E-state index contributed by atoms with van der Waals surface area (Å²) in [7, 11) is 2.93. The van der Waals surface area contributed by atoms with Gasteiger partial charge in [-0.25, -0.2) is 9.78 Å². The minimum atomic E-state index is -4.68. The van der Waals surface area contributed by atoms with Crippen molar-refractivity contribution in [2.24, 2.45) is 0 Å². The molecule has 4 heterocycles. The number of carbonyl (C=O) groups excluding carboxylic acids is 4. The van der Waals surface area contributed by atoms with Gasteiger partial charge < -0.3 is 24.6 Å². The number of piperazine rings is 1. The third kappa shape index (κ3) is 9.62. The maximum Gasteiger partial charge on any atom is 0.433 e. The molecule has 2 N–H and O–H groups in total. The van der Waals surface area contributed by atoms with Gasteiger partial charge in [-0.1, -0.05) is 13.0 Å². The molecule has 2 fully saturated rings. The Morgan fingerprint density at radius 2 is 1.63 bits per heavy atom. The first-order valence-corrected chi connectivity index (χ1v) is 18.8. The van der Waals surface area contributed by atoms with Crippen molar-refractivity contribution in [3.05, 3.63) is 71.7 Å². The summed E-state index contributed by atoms with van der Waals surface area (Å²) in [6, 6.07) is 11.1. The smallest absolute Gasteiger partial charge is 0.433 e. The minimum absolute atomic E-state index is 0.133. The van der Waals surface area contributed by atoms with Gasteiger partial charge in [0, 0.05) is 82.1 Å². The first-order valence-electron chi connectivity index (χ1n) is 18.8. The lowest BCUT2D eigenvalue weighted by Crippen LogP contribution is -2.50. The number of halogens is 3. The Labute approximate surface area is 327 Å². The van der Waals surface area contributed by atoms with Crippen LogP contribution in [0.3, 0.4) is 0 Å². The normalized spacial score (nSPS) is 15.6. The summed E-state index contributed by atoms with van der Waals surface area (Å²) in [5.41, 5.74) is 0.286. The number of fused-ring (bicyclic) bond motifs is 1. The van der Waals surface area contributed by atoms with Crippen molar-refractivity contribution >= 4 is 46.5 Å². The van der Waals surface area contributed by atoms with E-state index >= 15 is 0 Å². The highest BCUT2D eigenvalue weighted by molar-refractivity contribution is 6.05. The monoisotopic (exact) mass is 793 g/mol. The van der Waals surface area contributed by atoms with Gasteiger partial charge in [0.2, 0.25) is 6.41 Å². The molecule has 0 unspecified atom stereocenters. The molecule has 304 valence electrons. The molecule has 0 atom stereocenters. The van der Waals surface area contributed by atoms with E-state index in [2.05, 4.69) is 25.4 Å². The zero-order chi connectivity index (χ0) is 40.7. The Kier molecular flexibility index (Phi) is 12.9. The fourth-order valence-corrected chi connectivity index (χ4v) is 7.20. The minimum Gasteiger partial charge on any atom is -0.495 e. The van der Waals surface area contributed by atoms with Crippen LogP contribution in [0.15, 0.2) is 54.7 Å². The summed E-state index contributed by atoms with van der Waals surface area (Å²) >= 11 is 0. The predicted molar refractivity (Wildman–Crippen MR) is 206 cm³/mol. The van der Waals surface area contributed by atoms with Crippen molar-refractivity contribution in [2.45, 2.75) is 38.4 Å². The van der Waals surface area contributed by atoms with Crippen LogP contribution in [-0.2, 0) is 11.0 Å². The first-order chi connectivity index (χ1) is 27.4. The molecule has 0 bridgehead atoms. The molecule has 0 radical (unpaired) electrons. The van der Waals surface area contributed by atoms with Gasteiger partial charge in [-0.05, 0) is 55.7 Å². The second kappa shape index (κ2) is 18.0. The Morgan fingerprint density at radius 3 is 2.28 bits per heavy atom. The highest BCUT2D eigenvalue weighted by Gasteiger charge is 2.33. The topological polar surface area (TPSA) is 154 Å². The molecule has 18 heteroatoms. The van der Waals surface area contributed by atoms with Crippen molar-refractivity contribution in [3.63, 3.8) is 0 Å². The van der Waals surface area contributed by atoms with Crippen molar-refractivity contribution in [1.82, 2.24) is 34.8 Å². The van der Waals surface area contributed by atoms with Gasteiger partial charge >= 0.3 is 12.2 Å². The van der Waals surface area contributed by atoms with Gasteiger partial charge in [0.25, 0.3) is 11.8 Å². The maximum absolute atomic E-state index is 13.5. The summed E-state index contributed by atoms with van der Waals surface area (Å²) in [4.78, 5) is 61.5. The number of methoxy groups -OCH3 is 2. The highest BCUT2D eigenvalue weighted by atomic mass is 19.4. The molecule has 2 aromatic carbocycles. The van der Waals surface area contributed by atoms with E-state index in [-0.39, 0.29) is 17.6 Å². The lowest BCUT2D eigenvalue weighted by molar-refractivity contribution is -0.141. The molecule has 0 spiro atoms. The molecule has 2 saturated heterocycles. The number of piperidine rings is 1. The number of alkyl halides is 3. The second-order valence-electron chi connectivity index (χ2n) is 13.9. The quantitative estimate of drug-likeness (QED) is 0.179. The Bertz CT molecular complexity index is 2080. The average molecular weight is 794 g/mol. The molecule has 4 aromatic rings. The average Bonchev–Trinajstić information content (AvgIpc) is 3.64. The number of nitrogens with one attached hydrogen (secondary N) is 2. The molecule has 5 amide bonds. The van der Waals surface area contributed by atoms with E-state index in [1.165, 1.54) is 25.2 Å². The van der Waals surface area contributed by atoms with Crippen LogP contribution in [0.5, 0.6) is 11.5 Å². The van der Waals surface area contributed by atoms with Crippen LogP contribution in [0.1, 0.15) is 58.8 Å². The molecule has 2 aliphatic rings. The van der Waals surface area contributed by atoms with E-state index < -0.39 is 23.8 Å². The highest BCUT2D eigenvalue weighted by Crippen LogP contribution is 2.34. The van der Waals surface area contributed by atoms with Crippen molar-refractivity contribution in [2.75, 3.05) is 83.3 Å². The molecule has 57 heavy (non-hydrogen) atoms. The fourth-order valence-electron chi connectivity index (χ4n) is 7.20. The number of amides is 5. The Hall–Kier alpha value is -5.75. The van der Waals surface area contributed by atoms with E-state index in [9.17, 15) is 32.3 Å². The summed E-state index contributed by atoms with van der Waals surface area (Å²) in [5.74, 6) is -0.188. The Balaban J connectivity index is 0.993. The van der Waals surface area contributed by atoms with Crippen LogP contribution in [-0.4, -0.2) is 127 Å². The number of aromatic nitrogens is 3. The van der Waals surface area contributed by atoms with Crippen LogP contribution in [0.25, 0.3) is 10.9 Å². The number of nitrogens with zero attached hydrogens (tertiary/aromatic N) is 7. The zero-order valence-electron chi connectivity index (χ0n) is 32.1. The summed E-state index contributed by atoms with van der Waals surface area (Å²) in [6.45, 7) is 8.37. The van der Waals surface area contributed by atoms with Crippen molar-refractivity contribution < 1.29 is 41.8 Å².